The highest BCUT2D eigenvalue weighted by Crippen LogP contribution is 2.37. The Morgan fingerprint density at radius 3 is 2.36 bits per heavy atom. The number of amides is 2. The van der Waals surface area contributed by atoms with E-state index in [4.69, 9.17) is 4.74 Å². The van der Waals surface area contributed by atoms with Crippen LogP contribution in [0.15, 0.2) is 126 Å². The van der Waals surface area contributed by atoms with Crippen LogP contribution in [0.3, 0.4) is 0 Å². The van der Waals surface area contributed by atoms with Crippen LogP contribution in [0.4, 0.5) is 4.79 Å². The van der Waals surface area contributed by atoms with Gasteiger partial charge >= 0.3 is 6.09 Å². The second-order valence-electron chi connectivity index (χ2n) is 12.7. The summed E-state index contributed by atoms with van der Waals surface area (Å²) in [7, 11) is -2.90. The maximum atomic E-state index is 14.6. The summed E-state index contributed by atoms with van der Waals surface area (Å²) in [6.07, 6.45) is 1.03. The van der Waals surface area contributed by atoms with Crippen LogP contribution in [-0.4, -0.2) is 64.5 Å². The Balaban J connectivity index is 1.18. The number of sulfonamides is 1. The van der Waals surface area contributed by atoms with Crippen molar-refractivity contribution in [3.05, 3.63) is 147 Å². The molecule has 0 radical (unpaired) electrons. The summed E-state index contributed by atoms with van der Waals surface area (Å²) < 4.78 is 36.4. The summed E-state index contributed by atoms with van der Waals surface area (Å²) in [6.45, 7) is -0.198. The van der Waals surface area contributed by atoms with Crippen LogP contribution in [0.1, 0.15) is 45.0 Å². The van der Waals surface area contributed by atoms with Gasteiger partial charge in [0.1, 0.15) is 11.7 Å². The lowest BCUT2D eigenvalue weighted by Crippen LogP contribution is -2.50. The summed E-state index contributed by atoms with van der Waals surface area (Å²) in [5.74, 6) is -0.963. The van der Waals surface area contributed by atoms with E-state index in [0.29, 0.717) is 21.7 Å². The lowest BCUT2D eigenvalue weighted by molar-refractivity contribution is -0.123. The number of methoxy groups -OCH3 is 1. The Kier molecular flexibility index (Phi) is 11.6. The molecule has 0 spiro atoms. The fraction of sp³-hybridized carbons (Fsp3) is 0.200. The van der Waals surface area contributed by atoms with Crippen molar-refractivity contribution in [1.82, 2.24) is 29.9 Å². The minimum Gasteiger partial charge on any atom is -0.453 e. The highest BCUT2D eigenvalue weighted by atomic mass is 32.2. The molecule has 0 unspecified atom stereocenters. The molecule has 0 bridgehead atoms. The van der Waals surface area contributed by atoms with Crippen LogP contribution >= 0.6 is 22.7 Å². The zero-order chi connectivity index (χ0) is 38.4. The summed E-state index contributed by atoms with van der Waals surface area (Å²) in [6, 6.07) is 31.3. The Morgan fingerprint density at radius 1 is 0.927 bits per heavy atom. The first-order valence-corrected chi connectivity index (χ1v) is 20.6. The van der Waals surface area contributed by atoms with E-state index in [1.165, 1.54) is 34.1 Å². The molecular formula is C40H38N6O6S3. The predicted molar refractivity (Wildman–Crippen MR) is 213 cm³/mol. The minimum atomic E-state index is -4.15. The lowest BCUT2D eigenvalue weighted by Gasteiger charge is -2.30. The molecule has 4 N–H and O–H groups in total. The first-order valence-electron chi connectivity index (χ1n) is 17.4. The number of nitrogens with zero attached hydrogens (tertiary/aromatic N) is 3. The molecule has 4 aromatic heterocycles. The molecule has 3 aromatic carbocycles. The number of thiophene rings is 1. The molecule has 0 aliphatic rings. The van der Waals surface area contributed by atoms with Gasteiger partial charge in [-0.3, -0.25) is 4.79 Å². The van der Waals surface area contributed by atoms with Gasteiger partial charge in [0.15, 0.2) is 0 Å². The van der Waals surface area contributed by atoms with E-state index in [-0.39, 0.29) is 31.0 Å². The molecule has 0 saturated heterocycles. The normalized spacial score (nSPS) is 12.9. The van der Waals surface area contributed by atoms with Crippen LogP contribution in [0.25, 0.3) is 21.3 Å². The van der Waals surface area contributed by atoms with E-state index in [9.17, 15) is 23.1 Å². The lowest BCUT2D eigenvalue weighted by atomic mass is 9.84. The molecule has 0 aliphatic heterocycles. The monoisotopic (exact) mass is 794 g/mol. The van der Waals surface area contributed by atoms with Crippen molar-refractivity contribution < 1.29 is 27.9 Å². The number of carbonyl (C=O) groups excluding carboxylic acids is 2. The number of ether oxygens (including phenoxy) is 1. The number of aromatic nitrogens is 3. The summed E-state index contributed by atoms with van der Waals surface area (Å²) in [4.78, 5) is 40.1. The minimum absolute atomic E-state index is 0.0241. The standard InChI is InChI=1S/C40H38N6O6S3/c1-52-40(49)45-37(36(26-9-4-2-5-10-26)27-11-6-3-7-12-27)39(48)42-23-30-14-16-35(54-30)33(18-20-47)46(24-29-21-28-13-8-19-41-38(28)44-29)55(50,51)31-15-17-34-32(22-31)43-25-53-34/h2-17,19,21-22,25,33,36-37,47H,18,20,23-24H2,1H3,(H,41,44)(H,42,48)(H,45,49)/t33-,37+/m1/s1. The molecule has 0 aliphatic carbocycles. The number of aliphatic hydroxyl groups is 1. The Morgan fingerprint density at radius 2 is 1.67 bits per heavy atom. The van der Waals surface area contributed by atoms with Gasteiger partial charge in [-0.1, -0.05) is 60.7 Å². The number of pyridine rings is 1. The number of aliphatic hydroxyl groups excluding tert-OH is 1. The van der Waals surface area contributed by atoms with Crippen molar-refractivity contribution in [2.24, 2.45) is 0 Å². The largest absolute Gasteiger partial charge is 0.453 e. The molecule has 7 aromatic rings. The van der Waals surface area contributed by atoms with E-state index in [1.54, 1.807) is 29.9 Å². The van der Waals surface area contributed by atoms with Gasteiger partial charge < -0.3 is 25.5 Å². The van der Waals surface area contributed by atoms with E-state index >= 15 is 0 Å². The molecule has 2 atom stereocenters. The maximum Gasteiger partial charge on any atom is 0.407 e. The predicted octanol–water partition coefficient (Wildman–Crippen LogP) is 6.72. The fourth-order valence-electron chi connectivity index (χ4n) is 6.65. The topological polar surface area (TPSA) is 167 Å². The number of benzene rings is 3. The third-order valence-corrected chi connectivity index (χ3v) is 13.1. The van der Waals surface area contributed by atoms with Gasteiger partial charge in [-0.25, -0.2) is 23.2 Å². The molecule has 0 saturated carbocycles. The number of H-pyrrole nitrogens is 1. The van der Waals surface area contributed by atoms with Crippen molar-refractivity contribution in [3.63, 3.8) is 0 Å². The molecule has 12 nitrogen and oxygen atoms in total. The number of thiazole rings is 1. The number of alkyl carbamates (subject to hydrolysis) is 1. The molecule has 4 heterocycles. The average molecular weight is 795 g/mol. The van der Waals surface area contributed by atoms with Crippen molar-refractivity contribution in [3.8, 4) is 0 Å². The highest BCUT2D eigenvalue weighted by Gasteiger charge is 2.35. The fourth-order valence-corrected chi connectivity index (χ4v) is 10.1. The van der Waals surface area contributed by atoms with E-state index in [0.717, 1.165) is 26.1 Å². The van der Waals surface area contributed by atoms with Gasteiger partial charge in [-0.2, -0.15) is 4.31 Å². The molecular weight excluding hydrogens is 757 g/mol. The van der Waals surface area contributed by atoms with Crippen molar-refractivity contribution >= 4 is 65.9 Å². The highest BCUT2D eigenvalue weighted by molar-refractivity contribution is 7.89. The number of hydrogen-bond acceptors (Lipinski definition) is 10. The van der Waals surface area contributed by atoms with Crippen molar-refractivity contribution in [2.45, 2.75) is 42.4 Å². The SMILES string of the molecule is COC(=O)N[C@H](C(=O)NCc1ccc([C@@H](CCO)N(Cc2cc3cccnc3[nH]2)S(=O)(=O)c2ccc3scnc3c2)s1)C(c1ccccc1)c1ccccc1. The van der Waals surface area contributed by atoms with Crippen LogP contribution < -0.4 is 10.6 Å². The maximum absolute atomic E-state index is 14.6. The molecule has 7 rings (SSSR count). The number of carbonyl (C=O) groups is 2. The summed E-state index contributed by atoms with van der Waals surface area (Å²) in [5, 5.41) is 16.9. The number of hydrogen-bond donors (Lipinski definition) is 4. The number of rotatable bonds is 15. The molecule has 55 heavy (non-hydrogen) atoms. The van der Waals surface area contributed by atoms with Crippen LogP contribution in [0.5, 0.6) is 0 Å². The second-order valence-corrected chi connectivity index (χ2v) is 16.7. The molecule has 282 valence electrons. The van der Waals surface area contributed by atoms with E-state index in [2.05, 4.69) is 25.6 Å². The van der Waals surface area contributed by atoms with Crippen LogP contribution in [-0.2, 0) is 32.6 Å². The van der Waals surface area contributed by atoms with Crippen LogP contribution in [0, 0.1) is 0 Å². The molecule has 0 fully saturated rings. The van der Waals surface area contributed by atoms with E-state index < -0.39 is 40.0 Å². The summed E-state index contributed by atoms with van der Waals surface area (Å²) in [5.41, 5.74) is 5.18. The van der Waals surface area contributed by atoms with Gasteiger partial charge in [0, 0.05) is 39.6 Å². The van der Waals surface area contributed by atoms with Gasteiger partial charge in [0.2, 0.25) is 15.9 Å². The number of nitrogens with one attached hydrogen (secondary N) is 3. The third kappa shape index (κ3) is 8.45. The quantitative estimate of drug-likeness (QED) is 0.0888. The zero-order valence-corrected chi connectivity index (χ0v) is 32.1. The van der Waals surface area contributed by atoms with Crippen LogP contribution in [0.2, 0.25) is 0 Å². The van der Waals surface area contributed by atoms with Gasteiger partial charge in [-0.05, 0) is 66.1 Å². The molecule has 2 amide bonds. The average Bonchev–Trinajstić information content (AvgIpc) is 3.98. The smallest absolute Gasteiger partial charge is 0.407 e. The first-order chi connectivity index (χ1) is 26.7. The summed E-state index contributed by atoms with van der Waals surface area (Å²) >= 11 is 2.76. The van der Waals surface area contributed by atoms with Gasteiger partial charge in [0.25, 0.3) is 0 Å². The Bertz CT molecular complexity index is 2430. The third-order valence-electron chi connectivity index (χ3n) is 9.27. The van der Waals surface area contributed by atoms with Gasteiger partial charge in [-0.15, -0.1) is 22.7 Å². The Hall–Kier alpha value is -5.45. The second kappa shape index (κ2) is 16.9. The number of fused-ring (bicyclic) bond motifs is 2. The Labute approximate surface area is 325 Å². The van der Waals surface area contributed by atoms with Crippen molar-refractivity contribution in [2.75, 3.05) is 13.7 Å². The first kappa shape index (κ1) is 37.8. The zero-order valence-electron chi connectivity index (χ0n) is 29.7. The number of aromatic amines is 1. The van der Waals surface area contributed by atoms with E-state index in [1.807, 2.05) is 91.0 Å². The molecule has 15 heteroatoms. The van der Waals surface area contributed by atoms with Crippen molar-refractivity contribution in [1.29, 1.82) is 0 Å². The van der Waals surface area contributed by atoms with Gasteiger partial charge in [0.05, 0.1) is 46.9 Å².